The Kier molecular flexibility index (Phi) is 6.73. The van der Waals surface area contributed by atoms with E-state index in [4.69, 9.17) is 9.47 Å². The average molecular weight is 357 g/mol. The second kappa shape index (κ2) is 9.22. The van der Waals surface area contributed by atoms with Crippen LogP contribution in [0.5, 0.6) is 5.75 Å². The largest absolute Gasteiger partial charge is 0.497 e. The molecule has 1 amide bonds. The second-order valence-corrected chi connectivity index (χ2v) is 5.27. The molecule has 7 nitrogen and oxygen atoms in total. The summed E-state index contributed by atoms with van der Waals surface area (Å²) in [5.41, 5.74) is 1.38. The predicted molar refractivity (Wildman–Crippen MR) is 92.9 cm³/mol. The molecule has 2 rings (SSSR count). The summed E-state index contributed by atoms with van der Waals surface area (Å²) in [6.45, 7) is -0.286. The first-order chi connectivity index (χ1) is 12.5. The Balaban J connectivity index is 1.83. The molecule has 7 heteroatoms. The lowest BCUT2D eigenvalue weighted by molar-refractivity contribution is -0.143. The maximum absolute atomic E-state index is 12.0. The van der Waals surface area contributed by atoms with Crippen LogP contribution in [0.15, 0.2) is 48.5 Å². The van der Waals surface area contributed by atoms with Crippen molar-refractivity contribution in [2.75, 3.05) is 20.8 Å². The molecule has 0 atom stereocenters. The summed E-state index contributed by atoms with van der Waals surface area (Å²) >= 11 is 0. The van der Waals surface area contributed by atoms with Gasteiger partial charge in [0.15, 0.2) is 0 Å². The number of carbonyl (C=O) groups excluding carboxylic acids is 3. The van der Waals surface area contributed by atoms with Gasteiger partial charge < -0.3 is 19.5 Å². The Morgan fingerprint density at radius 2 is 1.69 bits per heavy atom. The number of methoxy groups -OCH3 is 2. The van der Waals surface area contributed by atoms with Gasteiger partial charge >= 0.3 is 11.9 Å². The number of nitrogens with one attached hydrogen (secondary N) is 1. The van der Waals surface area contributed by atoms with Gasteiger partial charge in [-0.25, -0.2) is 4.79 Å². The molecule has 0 aliphatic rings. The predicted octanol–water partition coefficient (Wildman–Crippen LogP) is 1.95. The molecule has 1 N–H and O–H groups in total. The van der Waals surface area contributed by atoms with Crippen LogP contribution in [0, 0.1) is 0 Å². The summed E-state index contributed by atoms with van der Waals surface area (Å²) < 4.78 is 14.8. The van der Waals surface area contributed by atoms with Crippen molar-refractivity contribution in [3.63, 3.8) is 0 Å². The summed E-state index contributed by atoms with van der Waals surface area (Å²) in [5.74, 6) is -0.923. The van der Waals surface area contributed by atoms with Crippen LogP contribution in [-0.4, -0.2) is 38.6 Å². The van der Waals surface area contributed by atoms with Gasteiger partial charge in [-0.3, -0.25) is 9.59 Å². The zero-order valence-electron chi connectivity index (χ0n) is 14.5. The van der Waals surface area contributed by atoms with E-state index in [0.717, 1.165) is 0 Å². The van der Waals surface area contributed by atoms with E-state index in [2.05, 4.69) is 10.1 Å². The van der Waals surface area contributed by atoms with Crippen LogP contribution in [0.3, 0.4) is 0 Å². The van der Waals surface area contributed by atoms with Gasteiger partial charge in [-0.15, -0.1) is 0 Å². The fourth-order valence-electron chi connectivity index (χ4n) is 2.14. The van der Waals surface area contributed by atoms with E-state index in [1.165, 1.54) is 14.2 Å². The van der Waals surface area contributed by atoms with Crippen LogP contribution in [0.25, 0.3) is 0 Å². The molecule has 2 aromatic carbocycles. The Morgan fingerprint density at radius 1 is 0.962 bits per heavy atom. The van der Waals surface area contributed by atoms with Gasteiger partial charge in [0, 0.05) is 5.56 Å². The number of carbonyl (C=O) groups is 3. The van der Waals surface area contributed by atoms with E-state index in [1.807, 2.05) is 0 Å². The van der Waals surface area contributed by atoms with Gasteiger partial charge in [0.2, 0.25) is 0 Å². The lowest BCUT2D eigenvalue weighted by Gasteiger charge is -2.08. The zero-order valence-corrected chi connectivity index (χ0v) is 14.5. The quantitative estimate of drug-likeness (QED) is 0.762. The van der Waals surface area contributed by atoms with Crippen LogP contribution in [-0.2, 0) is 20.9 Å². The second-order valence-electron chi connectivity index (χ2n) is 5.27. The van der Waals surface area contributed by atoms with Crippen molar-refractivity contribution < 1.29 is 28.6 Å². The van der Waals surface area contributed by atoms with E-state index in [0.29, 0.717) is 22.4 Å². The number of hydrogen-bond acceptors (Lipinski definition) is 6. The van der Waals surface area contributed by atoms with Gasteiger partial charge in [0.05, 0.1) is 19.8 Å². The molecule has 136 valence electrons. The number of esters is 2. The summed E-state index contributed by atoms with van der Waals surface area (Å²) in [5, 5.41) is 2.48. The molecule has 0 saturated carbocycles. The normalized spacial score (nSPS) is 9.92. The highest BCUT2D eigenvalue weighted by atomic mass is 16.5. The maximum Gasteiger partial charge on any atom is 0.337 e. The Hall–Kier alpha value is -3.35. The molecular weight excluding hydrogens is 338 g/mol. The summed E-state index contributed by atoms with van der Waals surface area (Å²) in [7, 11) is 2.80. The third-order valence-corrected chi connectivity index (χ3v) is 3.47. The number of ether oxygens (including phenoxy) is 3. The van der Waals surface area contributed by atoms with Crippen molar-refractivity contribution >= 4 is 17.8 Å². The SMILES string of the molecule is COC(=O)c1cccc(COC(=O)CNC(=O)c2cccc(OC)c2)c1. The minimum Gasteiger partial charge on any atom is -0.497 e. The summed E-state index contributed by atoms with van der Waals surface area (Å²) in [6.07, 6.45) is 0. The number of amides is 1. The monoisotopic (exact) mass is 357 g/mol. The first-order valence-corrected chi connectivity index (χ1v) is 7.78. The van der Waals surface area contributed by atoms with Crippen LogP contribution in [0.4, 0.5) is 0 Å². The molecule has 2 aromatic rings. The molecule has 0 fully saturated rings. The van der Waals surface area contributed by atoms with Gasteiger partial charge in [0.25, 0.3) is 5.91 Å². The molecule has 0 unspecified atom stereocenters. The van der Waals surface area contributed by atoms with Crippen molar-refractivity contribution in [2.24, 2.45) is 0 Å². The van der Waals surface area contributed by atoms with Crippen molar-refractivity contribution in [3.8, 4) is 5.75 Å². The van der Waals surface area contributed by atoms with Crippen LogP contribution >= 0.6 is 0 Å². The van der Waals surface area contributed by atoms with Gasteiger partial charge in [0.1, 0.15) is 18.9 Å². The minimum atomic E-state index is -0.593. The lowest BCUT2D eigenvalue weighted by Crippen LogP contribution is -2.30. The highest BCUT2D eigenvalue weighted by Gasteiger charge is 2.11. The first kappa shape index (κ1) is 19.0. The lowest BCUT2D eigenvalue weighted by atomic mass is 10.1. The van der Waals surface area contributed by atoms with E-state index in [9.17, 15) is 14.4 Å². The number of hydrogen-bond donors (Lipinski definition) is 1. The molecule has 0 aliphatic heterocycles. The van der Waals surface area contributed by atoms with Crippen molar-refractivity contribution in [3.05, 3.63) is 65.2 Å². The van der Waals surface area contributed by atoms with Crippen molar-refractivity contribution in [2.45, 2.75) is 6.61 Å². The minimum absolute atomic E-state index is 0.0152. The molecular formula is C19H19NO6. The van der Waals surface area contributed by atoms with E-state index in [-0.39, 0.29) is 13.2 Å². The Morgan fingerprint density at radius 3 is 2.42 bits per heavy atom. The van der Waals surface area contributed by atoms with E-state index in [1.54, 1.807) is 48.5 Å². The third-order valence-electron chi connectivity index (χ3n) is 3.47. The smallest absolute Gasteiger partial charge is 0.337 e. The molecule has 26 heavy (non-hydrogen) atoms. The van der Waals surface area contributed by atoms with Gasteiger partial charge in [-0.05, 0) is 35.9 Å². The van der Waals surface area contributed by atoms with E-state index < -0.39 is 17.8 Å². The van der Waals surface area contributed by atoms with E-state index >= 15 is 0 Å². The fourth-order valence-corrected chi connectivity index (χ4v) is 2.14. The number of benzene rings is 2. The van der Waals surface area contributed by atoms with Gasteiger partial charge in [-0.1, -0.05) is 18.2 Å². The molecule has 0 aromatic heterocycles. The number of rotatable bonds is 7. The van der Waals surface area contributed by atoms with Crippen molar-refractivity contribution in [1.29, 1.82) is 0 Å². The molecule has 0 aliphatic carbocycles. The van der Waals surface area contributed by atoms with Crippen LogP contribution in [0.1, 0.15) is 26.3 Å². The molecule has 0 saturated heterocycles. The third kappa shape index (κ3) is 5.34. The first-order valence-electron chi connectivity index (χ1n) is 7.78. The van der Waals surface area contributed by atoms with Crippen LogP contribution in [0.2, 0.25) is 0 Å². The Bertz CT molecular complexity index is 802. The summed E-state index contributed by atoms with van der Waals surface area (Å²) in [4.78, 5) is 35.3. The highest BCUT2D eigenvalue weighted by Crippen LogP contribution is 2.12. The standard InChI is InChI=1S/C19H19NO6/c1-24-16-8-4-6-14(10-16)18(22)20-11-17(21)26-12-13-5-3-7-15(9-13)19(23)25-2/h3-10H,11-12H2,1-2H3,(H,20,22). The Labute approximate surface area is 150 Å². The zero-order chi connectivity index (χ0) is 18.9. The van der Waals surface area contributed by atoms with Crippen LogP contribution < -0.4 is 10.1 Å². The van der Waals surface area contributed by atoms with Crippen molar-refractivity contribution in [1.82, 2.24) is 5.32 Å². The summed E-state index contributed by atoms with van der Waals surface area (Å²) in [6, 6.07) is 13.1. The maximum atomic E-state index is 12.0. The molecule has 0 heterocycles. The van der Waals surface area contributed by atoms with Gasteiger partial charge in [-0.2, -0.15) is 0 Å². The average Bonchev–Trinajstić information content (AvgIpc) is 2.70. The molecule has 0 bridgehead atoms. The molecule has 0 spiro atoms. The highest BCUT2D eigenvalue weighted by molar-refractivity contribution is 5.96. The molecule has 0 radical (unpaired) electrons. The topological polar surface area (TPSA) is 90.9 Å². The fraction of sp³-hybridized carbons (Fsp3) is 0.211.